The molecule has 0 atom stereocenters. The fourth-order valence-corrected chi connectivity index (χ4v) is 3.45. The van der Waals surface area contributed by atoms with E-state index in [2.05, 4.69) is 5.32 Å². The lowest BCUT2D eigenvalue weighted by molar-refractivity contribution is -0.384. The lowest BCUT2D eigenvalue weighted by atomic mass is 10.1. The number of nitrogens with zero attached hydrogens (tertiary/aromatic N) is 4. The number of hydrogen-bond acceptors (Lipinski definition) is 9. The molecule has 12 heteroatoms. The smallest absolute Gasteiger partial charge is 0.338 e. The van der Waals surface area contributed by atoms with Crippen molar-refractivity contribution in [1.82, 2.24) is 0 Å². The number of nitriles is 1. The molecule has 1 heterocycles. The predicted octanol–water partition coefficient (Wildman–Crippen LogP) is 3.16. The number of hydrogen-bond donors (Lipinski definition) is 1. The predicted molar refractivity (Wildman–Crippen MR) is 116 cm³/mol. The van der Waals surface area contributed by atoms with Crippen LogP contribution in [0.3, 0.4) is 0 Å². The van der Waals surface area contributed by atoms with E-state index in [0.29, 0.717) is 18.8 Å². The van der Waals surface area contributed by atoms with Gasteiger partial charge in [-0.15, -0.1) is 0 Å². The molecule has 3 rings (SSSR count). The number of benzene rings is 2. The Balaban J connectivity index is 1.66. The van der Waals surface area contributed by atoms with E-state index in [1.807, 2.05) is 4.90 Å². The molecule has 0 unspecified atom stereocenters. The first-order valence-corrected chi connectivity index (χ1v) is 9.99. The number of rotatable bonds is 7. The second kappa shape index (κ2) is 10.2. The summed E-state index contributed by atoms with van der Waals surface area (Å²) in [6.07, 6.45) is 2.92. The van der Waals surface area contributed by atoms with Gasteiger partial charge >= 0.3 is 5.97 Å². The first-order valence-electron chi connectivity index (χ1n) is 9.99. The average Bonchev–Trinajstić information content (AvgIpc) is 2.82. The number of nitro benzene ring substituents is 2. The van der Waals surface area contributed by atoms with Crippen molar-refractivity contribution < 1.29 is 24.2 Å². The van der Waals surface area contributed by atoms with Crippen molar-refractivity contribution >= 4 is 34.6 Å². The number of ether oxygens (including phenoxy) is 1. The Kier molecular flexibility index (Phi) is 7.14. The Morgan fingerprint density at radius 3 is 2.42 bits per heavy atom. The summed E-state index contributed by atoms with van der Waals surface area (Å²) in [4.78, 5) is 47.5. The number of amides is 1. The van der Waals surface area contributed by atoms with Crippen molar-refractivity contribution in [3.05, 3.63) is 67.8 Å². The zero-order valence-electron chi connectivity index (χ0n) is 17.4. The van der Waals surface area contributed by atoms with Crippen molar-refractivity contribution in [2.45, 2.75) is 19.3 Å². The van der Waals surface area contributed by atoms with E-state index in [0.717, 1.165) is 37.5 Å². The van der Waals surface area contributed by atoms with Crippen LogP contribution in [-0.4, -0.2) is 41.4 Å². The van der Waals surface area contributed by atoms with Crippen LogP contribution in [0.2, 0.25) is 0 Å². The maximum atomic E-state index is 12.3. The van der Waals surface area contributed by atoms with Gasteiger partial charge in [-0.1, -0.05) is 0 Å². The van der Waals surface area contributed by atoms with E-state index in [1.165, 1.54) is 18.2 Å². The Bertz CT molecular complexity index is 1150. The van der Waals surface area contributed by atoms with Gasteiger partial charge < -0.3 is 15.0 Å². The number of carbonyl (C=O) groups excluding carboxylic acids is 2. The standard InChI is InChI=1S/C21H19N5O7/c22-12-15-10-16(25(29)30)5-6-17(15)23-20(27)13-33-21(28)14-4-7-18(19(11-14)26(31)32)24-8-2-1-3-9-24/h4-7,10-11H,1-3,8-9,13H2,(H,23,27). The minimum absolute atomic E-state index is 0.0191. The van der Waals surface area contributed by atoms with Crippen LogP contribution in [0.25, 0.3) is 0 Å². The maximum absolute atomic E-state index is 12.3. The van der Waals surface area contributed by atoms with Gasteiger partial charge in [-0.2, -0.15) is 5.26 Å². The Labute approximate surface area is 187 Å². The summed E-state index contributed by atoms with van der Waals surface area (Å²) in [7, 11) is 0. The normalized spacial score (nSPS) is 13.0. The number of anilines is 2. The highest BCUT2D eigenvalue weighted by Crippen LogP contribution is 2.31. The highest BCUT2D eigenvalue weighted by Gasteiger charge is 2.24. The zero-order valence-corrected chi connectivity index (χ0v) is 17.4. The lowest BCUT2D eigenvalue weighted by Gasteiger charge is -2.28. The molecule has 1 N–H and O–H groups in total. The Hall–Kier alpha value is -4.53. The van der Waals surface area contributed by atoms with Gasteiger partial charge in [0.05, 0.1) is 26.7 Å². The van der Waals surface area contributed by atoms with Gasteiger partial charge in [-0.25, -0.2) is 4.79 Å². The van der Waals surface area contributed by atoms with Crippen molar-refractivity contribution in [2.75, 3.05) is 29.9 Å². The molecule has 0 spiro atoms. The van der Waals surface area contributed by atoms with Gasteiger partial charge in [0, 0.05) is 31.3 Å². The second-order valence-electron chi connectivity index (χ2n) is 7.23. The Morgan fingerprint density at radius 2 is 1.79 bits per heavy atom. The van der Waals surface area contributed by atoms with Crippen molar-refractivity contribution in [2.24, 2.45) is 0 Å². The van der Waals surface area contributed by atoms with Crippen LogP contribution >= 0.6 is 0 Å². The van der Waals surface area contributed by atoms with Crippen LogP contribution in [0, 0.1) is 31.6 Å². The minimum atomic E-state index is -0.928. The van der Waals surface area contributed by atoms with Gasteiger partial charge in [-0.3, -0.25) is 25.0 Å². The molecule has 1 amide bonds. The molecule has 1 aliphatic heterocycles. The molecule has 0 aromatic heterocycles. The highest BCUT2D eigenvalue weighted by molar-refractivity contribution is 5.97. The number of non-ortho nitro benzene ring substituents is 1. The number of carbonyl (C=O) groups is 2. The summed E-state index contributed by atoms with van der Waals surface area (Å²) in [5, 5.41) is 33.8. The van der Waals surface area contributed by atoms with E-state index >= 15 is 0 Å². The van der Waals surface area contributed by atoms with E-state index in [1.54, 1.807) is 6.07 Å². The number of esters is 1. The molecule has 33 heavy (non-hydrogen) atoms. The van der Waals surface area contributed by atoms with E-state index in [9.17, 15) is 29.8 Å². The van der Waals surface area contributed by atoms with Gasteiger partial charge in [0.2, 0.25) is 0 Å². The van der Waals surface area contributed by atoms with E-state index < -0.39 is 28.3 Å². The van der Waals surface area contributed by atoms with Crippen LogP contribution < -0.4 is 10.2 Å². The second-order valence-corrected chi connectivity index (χ2v) is 7.23. The van der Waals surface area contributed by atoms with Gasteiger partial charge in [-0.05, 0) is 37.5 Å². The summed E-state index contributed by atoms with van der Waals surface area (Å²) in [5.41, 5.74) is -0.302. The quantitative estimate of drug-likeness (QED) is 0.376. The molecule has 0 bridgehead atoms. The SMILES string of the molecule is N#Cc1cc([N+](=O)[O-])ccc1NC(=O)COC(=O)c1ccc(N2CCCCC2)c([N+](=O)[O-])c1. The fourth-order valence-electron chi connectivity index (χ4n) is 3.45. The van der Waals surface area contributed by atoms with Crippen LogP contribution in [0.4, 0.5) is 22.7 Å². The van der Waals surface area contributed by atoms with Gasteiger partial charge in [0.25, 0.3) is 17.3 Å². The molecule has 12 nitrogen and oxygen atoms in total. The van der Waals surface area contributed by atoms with Gasteiger partial charge in [0.15, 0.2) is 6.61 Å². The van der Waals surface area contributed by atoms with Crippen molar-refractivity contribution in [1.29, 1.82) is 5.26 Å². The summed E-state index contributed by atoms with van der Waals surface area (Å²) >= 11 is 0. The molecule has 1 fully saturated rings. The molecule has 0 aliphatic carbocycles. The molecular formula is C21H19N5O7. The third-order valence-corrected chi connectivity index (χ3v) is 5.05. The van der Waals surface area contributed by atoms with E-state index in [-0.39, 0.29) is 28.2 Å². The molecular weight excluding hydrogens is 434 g/mol. The van der Waals surface area contributed by atoms with Crippen LogP contribution in [0.5, 0.6) is 0 Å². The summed E-state index contributed by atoms with van der Waals surface area (Å²) in [6, 6.07) is 9.08. The minimum Gasteiger partial charge on any atom is -0.452 e. The van der Waals surface area contributed by atoms with Crippen LogP contribution in [0.1, 0.15) is 35.2 Å². The number of nitro groups is 2. The zero-order chi connectivity index (χ0) is 24.0. The summed E-state index contributed by atoms with van der Waals surface area (Å²) in [5.74, 6) is -1.71. The molecule has 1 saturated heterocycles. The average molecular weight is 453 g/mol. The summed E-state index contributed by atoms with van der Waals surface area (Å²) < 4.78 is 4.94. The molecule has 170 valence electrons. The van der Waals surface area contributed by atoms with Gasteiger partial charge in [0.1, 0.15) is 11.8 Å². The maximum Gasteiger partial charge on any atom is 0.338 e. The topological polar surface area (TPSA) is 169 Å². The molecule has 0 radical (unpaired) electrons. The molecule has 1 aliphatic rings. The fraction of sp³-hybridized carbons (Fsp3) is 0.286. The molecule has 2 aromatic rings. The first-order chi connectivity index (χ1) is 15.8. The molecule has 2 aromatic carbocycles. The highest BCUT2D eigenvalue weighted by atomic mass is 16.6. The Morgan fingerprint density at radius 1 is 1.06 bits per heavy atom. The van der Waals surface area contributed by atoms with E-state index in [4.69, 9.17) is 10.00 Å². The van der Waals surface area contributed by atoms with Crippen LogP contribution in [0.15, 0.2) is 36.4 Å². The third kappa shape index (κ3) is 5.59. The third-order valence-electron chi connectivity index (χ3n) is 5.05. The monoisotopic (exact) mass is 453 g/mol. The van der Waals surface area contributed by atoms with Crippen molar-refractivity contribution in [3.63, 3.8) is 0 Å². The molecule has 0 saturated carbocycles. The lowest BCUT2D eigenvalue weighted by Crippen LogP contribution is -2.30. The largest absolute Gasteiger partial charge is 0.452 e. The number of piperidine rings is 1. The first kappa shape index (κ1) is 23.1. The summed E-state index contributed by atoms with van der Waals surface area (Å²) in [6.45, 7) is 0.665. The number of nitrogens with one attached hydrogen (secondary N) is 1. The van der Waals surface area contributed by atoms with Crippen LogP contribution in [-0.2, 0) is 9.53 Å². The van der Waals surface area contributed by atoms with Crippen molar-refractivity contribution in [3.8, 4) is 6.07 Å².